The molecule has 3 aromatic carbocycles. The van der Waals surface area contributed by atoms with Crippen LogP contribution in [0.2, 0.25) is 5.02 Å². The number of alkyl halides is 3. The molecule has 0 saturated carbocycles. The maximum absolute atomic E-state index is 12.8. The Kier molecular flexibility index (Phi) is 6.56. The number of halogens is 4. The van der Waals surface area contributed by atoms with Crippen molar-refractivity contribution in [2.24, 2.45) is 0 Å². The molecule has 0 bridgehead atoms. The second-order valence-corrected chi connectivity index (χ2v) is 7.21. The first-order valence-electron chi connectivity index (χ1n) is 8.33. The zero-order valence-electron chi connectivity index (χ0n) is 14.8. The highest BCUT2D eigenvalue weighted by Crippen LogP contribution is 2.32. The van der Waals surface area contributed by atoms with Gasteiger partial charge in [-0.2, -0.15) is 13.2 Å². The van der Waals surface area contributed by atoms with Crippen molar-refractivity contribution in [1.29, 1.82) is 0 Å². The summed E-state index contributed by atoms with van der Waals surface area (Å²) in [6, 6.07) is 18.2. The molecule has 0 spiro atoms. The van der Waals surface area contributed by atoms with Crippen LogP contribution >= 0.6 is 23.5 Å². The Bertz CT molecular complexity index is 997. The Morgan fingerprint density at radius 1 is 0.828 bits per heavy atom. The van der Waals surface area contributed by atoms with Crippen molar-refractivity contribution < 1.29 is 18.0 Å². The van der Waals surface area contributed by atoms with Gasteiger partial charge in [-0.1, -0.05) is 23.7 Å². The molecule has 150 valence electrons. The van der Waals surface area contributed by atoms with Gasteiger partial charge in [-0.3, -0.25) is 0 Å². The first-order chi connectivity index (χ1) is 13.8. The summed E-state index contributed by atoms with van der Waals surface area (Å²) in [7, 11) is 0. The van der Waals surface area contributed by atoms with Crippen molar-refractivity contribution >= 4 is 46.6 Å². The fourth-order valence-corrected chi connectivity index (χ4v) is 3.17. The molecule has 9 heteroatoms. The topological polar surface area (TPSA) is 53.2 Å². The third-order valence-electron chi connectivity index (χ3n) is 3.67. The molecule has 0 atom stereocenters. The lowest BCUT2D eigenvalue weighted by Crippen LogP contribution is -2.19. The highest BCUT2D eigenvalue weighted by Gasteiger charge is 2.30. The van der Waals surface area contributed by atoms with Crippen molar-refractivity contribution in [3.63, 3.8) is 0 Å². The van der Waals surface area contributed by atoms with Crippen molar-refractivity contribution in [2.75, 3.05) is 15.4 Å². The molecule has 0 aliphatic carbocycles. The molecule has 3 aromatic rings. The second-order valence-electron chi connectivity index (χ2n) is 5.90. The number of hydrogen-bond donors (Lipinski definition) is 3. The van der Waals surface area contributed by atoms with Crippen molar-refractivity contribution in [3.05, 3.63) is 83.4 Å². The summed E-state index contributed by atoms with van der Waals surface area (Å²) in [6.45, 7) is 0. The fourth-order valence-electron chi connectivity index (χ4n) is 2.34. The van der Waals surface area contributed by atoms with Crippen LogP contribution in [-0.4, -0.2) is 6.03 Å². The van der Waals surface area contributed by atoms with Gasteiger partial charge >= 0.3 is 12.2 Å². The average molecular weight is 438 g/mol. The van der Waals surface area contributed by atoms with E-state index in [0.717, 1.165) is 29.0 Å². The quantitative estimate of drug-likeness (QED) is 0.372. The molecule has 0 aliphatic heterocycles. The molecule has 0 fully saturated rings. The lowest BCUT2D eigenvalue weighted by atomic mass is 10.2. The Hall–Kier alpha value is -2.84. The van der Waals surface area contributed by atoms with Crippen LogP contribution in [0.1, 0.15) is 5.56 Å². The van der Waals surface area contributed by atoms with Crippen LogP contribution in [0.4, 0.5) is 35.0 Å². The highest BCUT2D eigenvalue weighted by molar-refractivity contribution is 8.00. The second kappa shape index (κ2) is 9.11. The number of benzene rings is 3. The molecule has 0 saturated heterocycles. The number of rotatable bonds is 5. The first-order valence-corrected chi connectivity index (χ1v) is 9.53. The summed E-state index contributed by atoms with van der Waals surface area (Å²) in [5.74, 6) is 0. The molecule has 2 amide bonds. The minimum atomic E-state index is -4.39. The Morgan fingerprint density at radius 3 is 2.17 bits per heavy atom. The number of amides is 2. The minimum Gasteiger partial charge on any atom is -0.326 e. The summed E-state index contributed by atoms with van der Waals surface area (Å²) < 4.78 is 41.1. The van der Waals surface area contributed by atoms with E-state index in [1.165, 1.54) is 6.07 Å². The van der Waals surface area contributed by atoms with Crippen LogP contribution in [0.25, 0.3) is 0 Å². The van der Waals surface area contributed by atoms with Crippen LogP contribution in [0, 0.1) is 0 Å². The Balaban J connectivity index is 1.54. The third-order valence-corrected chi connectivity index (χ3v) is 4.75. The van der Waals surface area contributed by atoms with Crippen LogP contribution in [0.15, 0.2) is 77.7 Å². The summed E-state index contributed by atoms with van der Waals surface area (Å²) in [5.41, 5.74) is 0.752. The van der Waals surface area contributed by atoms with Gasteiger partial charge in [0.1, 0.15) is 0 Å². The van der Waals surface area contributed by atoms with E-state index in [9.17, 15) is 18.0 Å². The summed E-state index contributed by atoms with van der Waals surface area (Å²) in [6.07, 6.45) is -4.39. The van der Waals surface area contributed by atoms with Gasteiger partial charge in [0.2, 0.25) is 0 Å². The summed E-state index contributed by atoms with van der Waals surface area (Å²) >= 11 is 7.04. The van der Waals surface area contributed by atoms with Gasteiger partial charge in [-0.25, -0.2) is 4.79 Å². The molecule has 3 rings (SSSR count). The number of carbonyl (C=O) groups is 1. The van der Waals surface area contributed by atoms with Crippen LogP contribution < -0.4 is 15.4 Å². The van der Waals surface area contributed by atoms with Crippen LogP contribution in [-0.2, 0) is 6.18 Å². The molecule has 0 heterocycles. The molecule has 0 aromatic heterocycles. The number of anilines is 3. The van der Waals surface area contributed by atoms with Gasteiger partial charge in [-0.15, -0.1) is 0 Å². The lowest BCUT2D eigenvalue weighted by Gasteiger charge is -2.11. The van der Waals surface area contributed by atoms with E-state index in [2.05, 4.69) is 15.4 Å². The summed E-state index contributed by atoms with van der Waals surface area (Å²) in [5, 5.41) is 5.86. The van der Waals surface area contributed by atoms with Crippen LogP contribution in [0.5, 0.6) is 0 Å². The lowest BCUT2D eigenvalue weighted by molar-refractivity contribution is -0.137. The first kappa shape index (κ1) is 20.9. The van der Waals surface area contributed by atoms with Crippen molar-refractivity contribution in [2.45, 2.75) is 11.1 Å². The van der Waals surface area contributed by atoms with E-state index in [1.807, 2.05) is 0 Å². The smallest absolute Gasteiger partial charge is 0.326 e. The molecular formula is C20H15ClF3N3OS. The SMILES string of the molecule is O=C(Nc1ccc(SNc2cccc(C(F)(F)F)c2)cc1)Nc1cccc(Cl)c1. The van der Waals surface area contributed by atoms with Gasteiger partial charge in [0.25, 0.3) is 0 Å². The monoisotopic (exact) mass is 437 g/mol. The Morgan fingerprint density at radius 2 is 1.48 bits per heavy atom. The van der Waals surface area contributed by atoms with Gasteiger partial charge in [0, 0.05) is 27.0 Å². The molecule has 0 unspecified atom stereocenters. The molecule has 3 N–H and O–H groups in total. The standard InChI is InChI=1S/C20H15ClF3N3OS/c21-14-4-2-5-16(12-14)26-19(28)25-15-7-9-18(10-8-15)29-27-17-6-1-3-13(11-17)20(22,23)24/h1-12,27H,(H2,25,26,28). The fraction of sp³-hybridized carbons (Fsp3) is 0.0500. The van der Waals surface area contributed by atoms with Crippen molar-refractivity contribution in [3.8, 4) is 0 Å². The number of carbonyl (C=O) groups excluding carboxylic acids is 1. The van der Waals surface area contributed by atoms with Gasteiger partial charge in [0.15, 0.2) is 0 Å². The normalized spacial score (nSPS) is 11.0. The predicted octanol–water partition coefficient (Wildman–Crippen LogP) is 7.12. The average Bonchev–Trinajstić information content (AvgIpc) is 2.67. The van der Waals surface area contributed by atoms with E-state index in [4.69, 9.17) is 11.6 Å². The zero-order valence-corrected chi connectivity index (χ0v) is 16.3. The van der Waals surface area contributed by atoms with E-state index in [0.29, 0.717) is 22.1 Å². The third kappa shape index (κ3) is 6.33. The van der Waals surface area contributed by atoms with E-state index < -0.39 is 17.8 Å². The zero-order chi connectivity index (χ0) is 20.9. The minimum absolute atomic E-state index is 0.341. The van der Waals surface area contributed by atoms with Crippen molar-refractivity contribution in [1.82, 2.24) is 0 Å². The van der Waals surface area contributed by atoms with E-state index in [1.54, 1.807) is 54.6 Å². The molecule has 0 aliphatic rings. The maximum atomic E-state index is 12.8. The van der Waals surface area contributed by atoms with Gasteiger partial charge in [0.05, 0.1) is 5.56 Å². The molecular weight excluding hydrogens is 423 g/mol. The van der Waals surface area contributed by atoms with E-state index >= 15 is 0 Å². The number of hydrogen-bond acceptors (Lipinski definition) is 3. The Labute approximate surface area is 174 Å². The molecule has 29 heavy (non-hydrogen) atoms. The predicted molar refractivity (Wildman–Crippen MR) is 111 cm³/mol. The van der Waals surface area contributed by atoms with Gasteiger partial charge < -0.3 is 15.4 Å². The number of nitrogens with one attached hydrogen (secondary N) is 3. The van der Waals surface area contributed by atoms with E-state index in [-0.39, 0.29) is 0 Å². The number of urea groups is 1. The maximum Gasteiger partial charge on any atom is 0.416 e. The molecule has 0 radical (unpaired) electrons. The highest BCUT2D eigenvalue weighted by atomic mass is 35.5. The van der Waals surface area contributed by atoms with Gasteiger partial charge in [-0.05, 0) is 72.6 Å². The largest absolute Gasteiger partial charge is 0.416 e. The molecule has 4 nitrogen and oxygen atoms in total. The van der Waals surface area contributed by atoms with Crippen LogP contribution in [0.3, 0.4) is 0 Å². The summed E-state index contributed by atoms with van der Waals surface area (Å²) in [4.78, 5) is 12.8.